The van der Waals surface area contributed by atoms with Crippen molar-refractivity contribution in [2.24, 2.45) is 0 Å². The standard InChI is InChI=1S/C11H15N5/c1-9-5-15-10(6-14-9)7-16(2)8-11-12-3-4-13-11/h3-6H,7-8H2,1-2H3,(H,12,13). The average Bonchev–Trinajstić information content (AvgIpc) is 2.74. The lowest BCUT2D eigenvalue weighted by Gasteiger charge is -2.14. The van der Waals surface area contributed by atoms with Gasteiger partial charge in [0.15, 0.2) is 0 Å². The molecule has 0 saturated carbocycles. The third-order valence-corrected chi connectivity index (χ3v) is 2.24. The second-order valence-corrected chi connectivity index (χ2v) is 3.86. The van der Waals surface area contributed by atoms with Crippen molar-refractivity contribution in [1.29, 1.82) is 0 Å². The number of aromatic nitrogens is 4. The van der Waals surface area contributed by atoms with Gasteiger partial charge in [-0.2, -0.15) is 0 Å². The minimum atomic E-state index is 0.772. The maximum Gasteiger partial charge on any atom is 0.120 e. The molecule has 16 heavy (non-hydrogen) atoms. The van der Waals surface area contributed by atoms with E-state index in [1.54, 1.807) is 12.4 Å². The zero-order valence-electron chi connectivity index (χ0n) is 9.51. The fourth-order valence-corrected chi connectivity index (χ4v) is 1.47. The summed E-state index contributed by atoms with van der Waals surface area (Å²) in [5.41, 5.74) is 1.91. The van der Waals surface area contributed by atoms with Crippen LogP contribution in [-0.2, 0) is 13.1 Å². The van der Waals surface area contributed by atoms with E-state index in [1.165, 1.54) is 0 Å². The molecule has 0 amide bonds. The third-order valence-electron chi connectivity index (χ3n) is 2.24. The van der Waals surface area contributed by atoms with E-state index < -0.39 is 0 Å². The molecular formula is C11H15N5. The van der Waals surface area contributed by atoms with Gasteiger partial charge >= 0.3 is 0 Å². The molecule has 0 aromatic carbocycles. The number of imidazole rings is 1. The van der Waals surface area contributed by atoms with Gasteiger partial charge in [0.2, 0.25) is 0 Å². The molecule has 2 heterocycles. The van der Waals surface area contributed by atoms with Gasteiger partial charge in [0.1, 0.15) is 5.82 Å². The molecule has 0 bridgehead atoms. The maximum absolute atomic E-state index is 4.31. The van der Waals surface area contributed by atoms with E-state index in [0.29, 0.717) is 0 Å². The smallest absolute Gasteiger partial charge is 0.120 e. The highest BCUT2D eigenvalue weighted by Crippen LogP contribution is 2.02. The summed E-state index contributed by atoms with van der Waals surface area (Å²) in [7, 11) is 2.03. The van der Waals surface area contributed by atoms with Crippen LogP contribution >= 0.6 is 0 Å². The Morgan fingerprint density at radius 2 is 2.06 bits per heavy atom. The van der Waals surface area contributed by atoms with Crippen molar-refractivity contribution in [3.63, 3.8) is 0 Å². The molecule has 2 aromatic rings. The van der Waals surface area contributed by atoms with Gasteiger partial charge in [0, 0.05) is 31.3 Å². The molecule has 0 radical (unpaired) electrons. The summed E-state index contributed by atoms with van der Waals surface area (Å²) in [5.74, 6) is 0.961. The fourth-order valence-electron chi connectivity index (χ4n) is 1.47. The van der Waals surface area contributed by atoms with Crippen molar-refractivity contribution in [2.45, 2.75) is 20.0 Å². The van der Waals surface area contributed by atoms with E-state index in [-0.39, 0.29) is 0 Å². The first kappa shape index (κ1) is 10.8. The first-order valence-electron chi connectivity index (χ1n) is 5.18. The minimum Gasteiger partial charge on any atom is -0.348 e. The monoisotopic (exact) mass is 217 g/mol. The quantitative estimate of drug-likeness (QED) is 0.834. The number of H-pyrrole nitrogens is 1. The number of aryl methyl sites for hydroxylation is 1. The lowest BCUT2D eigenvalue weighted by molar-refractivity contribution is 0.307. The second kappa shape index (κ2) is 4.85. The number of rotatable bonds is 4. The molecule has 5 nitrogen and oxygen atoms in total. The SMILES string of the molecule is Cc1cnc(CN(C)Cc2ncc[nH]2)cn1. The van der Waals surface area contributed by atoms with Crippen LogP contribution in [0.3, 0.4) is 0 Å². The van der Waals surface area contributed by atoms with Gasteiger partial charge in [-0.1, -0.05) is 0 Å². The molecule has 1 N–H and O–H groups in total. The molecule has 0 fully saturated rings. The van der Waals surface area contributed by atoms with E-state index in [4.69, 9.17) is 0 Å². The molecular weight excluding hydrogens is 202 g/mol. The van der Waals surface area contributed by atoms with Crippen LogP contribution in [0.25, 0.3) is 0 Å². The molecule has 0 spiro atoms. The highest BCUT2D eigenvalue weighted by molar-refractivity contribution is 5.00. The third kappa shape index (κ3) is 2.87. The van der Waals surface area contributed by atoms with Crippen molar-refractivity contribution in [3.8, 4) is 0 Å². The molecule has 0 atom stereocenters. The average molecular weight is 217 g/mol. The number of hydrogen-bond donors (Lipinski definition) is 1. The molecule has 0 saturated heterocycles. The molecule has 0 aliphatic rings. The van der Waals surface area contributed by atoms with Crippen molar-refractivity contribution in [3.05, 3.63) is 42.0 Å². The van der Waals surface area contributed by atoms with Crippen LogP contribution in [0.5, 0.6) is 0 Å². The predicted molar refractivity (Wildman–Crippen MR) is 60.5 cm³/mol. The molecule has 2 aromatic heterocycles. The summed E-state index contributed by atoms with van der Waals surface area (Å²) < 4.78 is 0. The number of nitrogens with zero attached hydrogens (tertiary/aromatic N) is 4. The summed E-state index contributed by atoms with van der Waals surface area (Å²) in [5, 5.41) is 0. The Bertz CT molecular complexity index is 420. The normalized spacial score (nSPS) is 10.9. The van der Waals surface area contributed by atoms with E-state index in [2.05, 4.69) is 24.8 Å². The summed E-state index contributed by atoms with van der Waals surface area (Å²) in [6, 6.07) is 0. The van der Waals surface area contributed by atoms with E-state index in [1.807, 2.05) is 26.4 Å². The number of aromatic amines is 1. The Labute approximate surface area is 94.6 Å². The Morgan fingerprint density at radius 3 is 2.69 bits per heavy atom. The van der Waals surface area contributed by atoms with Crippen LogP contribution in [0.2, 0.25) is 0 Å². The molecule has 84 valence electrons. The van der Waals surface area contributed by atoms with Gasteiger partial charge in [-0.15, -0.1) is 0 Å². The maximum atomic E-state index is 4.31. The van der Waals surface area contributed by atoms with E-state index in [9.17, 15) is 0 Å². The van der Waals surface area contributed by atoms with Gasteiger partial charge in [0.05, 0.1) is 17.9 Å². The number of nitrogens with one attached hydrogen (secondary N) is 1. The summed E-state index contributed by atoms with van der Waals surface area (Å²) >= 11 is 0. The number of hydrogen-bond acceptors (Lipinski definition) is 4. The fraction of sp³-hybridized carbons (Fsp3) is 0.364. The molecule has 2 rings (SSSR count). The van der Waals surface area contributed by atoms with E-state index >= 15 is 0 Å². The van der Waals surface area contributed by atoms with Crippen molar-refractivity contribution in [2.75, 3.05) is 7.05 Å². The van der Waals surface area contributed by atoms with Gasteiger partial charge in [-0.25, -0.2) is 4.98 Å². The van der Waals surface area contributed by atoms with Crippen molar-refractivity contribution < 1.29 is 0 Å². The summed E-state index contributed by atoms with van der Waals surface area (Å²) in [6.07, 6.45) is 7.19. The highest BCUT2D eigenvalue weighted by Gasteiger charge is 2.04. The zero-order chi connectivity index (χ0) is 11.4. The molecule has 0 aliphatic carbocycles. The minimum absolute atomic E-state index is 0.772. The van der Waals surface area contributed by atoms with Gasteiger partial charge in [-0.05, 0) is 14.0 Å². The first-order valence-corrected chi connectivity index (χ1v) is 5.18. The Kier molecular flexibility index (Phi) is 3.26. The topological polar surface area (TPSA) is 57.7 Å². The van der Waals surface area contributed by atoms with E-state index in [0.717, 1.165) is 30.3 Å². The largest absolute Gasteiger partial charge is 0.348 e. The predicted octanol–water partition coefficient (Wildman–Crippen LogP) is 1.14. The Hall–Kier alpha value is -1.75. The lowest BCUT2D eigenvalue weighted by atomic mass is 10.4. The van der Waals surface area contributed by atoms with Crippen molar-refractivity contribution in [1.82, 2.24) is 24.8 Å². The van der Waals surface area contributed by atoms with Crippen LogP contribution in [0.1, 0.15) is 17.2 Å². The van der Waals surface area contributed by atoms with Gasteiger partial charge < -0.3 is 4.98 Å². The lowest BCUT2D eigenvalue weighted by Crippen LogP contribution is -2.18. The highest BCUT2D eigenvalue weighted by atomic mass is 15.1. The van der Waals surface area contributed by atoms with Crippen LogP contribution in [0.15, 0.2) is 24.8 Å². The van der Waals surface area contributed by atoms with Crippen LogP contribution < -0.4 is 0 Å². The molecule has 0 unspecified atom stereocenters. The van der Waals surface area contributed by atoms with Crippen LogP contribution in [-0.4, -0.2) is 31.9 Å². The Morgan fingerprint density at radius 1 is 1.19 bits per heavy atom. The zero-order valence-corrected chi connectivity index (χ0v) is 9.51. The van der Waals surface area contributed by atoms with Gasteiger partial charge in [0.25, 0.3) is 0 Å². The van der Waals surface area contributed by atoms with Crippen molar-refractivity contribution >= 4 is 0 Å². The molecule has 5 heteroatoms. The van der Waals surface area contributed by atoms with Gasteiger partial charge in [-0.3, -0.25) is 14.9 Å². The van der Waals surface area contributed by atoms with Crippen LogP contribution in [0.4, 0.5) is 0 Å². The molecule has 0 aliphatic heterocycles. The first-order chi connectivity index (χ1) is 7.74. The second-order valence-electron chi connectivity index (χ2n) is 3.86. The summed E-state index contributed by atoms with van der Waals surface area (Å²) in [6.45, 7) is 3.49. The van der Waals surface area contributed by atoms with Crippen LogP contribution in [0, 0.1) is 6.92 Å². The summed E-state index contributed by atoms with van der Waals surface area (Å²) in [4.78, 5) is 17.9. The Balaban J connectivity index is 1.92.